The molecular formula is C18H25NO3. The summed E-state index contributed by atoms with van der Waals surface area (Å²) < 4.78 is 5.13. The van der Waals surface area contributed by atoms with Gasteiger partial charge in [0.2, 0.25) is 0 Å². The summed E-state index contributed by atoms with van der Waals surface area (Å²) >= 11 is 0. The maximum absolute atomic E-state index is 12.0. The van der Waals surface area contributed by atoms with Crippen LogP contribution >= 0.6 is 0 Å². The fraction of sp³-hybridized carbons (Fsp3) is 0.500. The van der Waals surface area contributed by atoms with Gasteiger partial charge in [0, 0.05) is 23.2 Å². The van der Waals surface area contributed by atoms with Crippen LogP contribution < -0.4 is 0 Å². The summed E-state index contributed by atoms with van der Waals surface area (Å²) in [6.07, 6.45) is 3.21. The van der Waals surface area contributed by atoms with Crippen LogP contribution in [0.2, 0.25) is 0 Å². The first-order chi connectivity index (χ1) is 10.3. The molecule has 0 aliphatic rings. The zero-order valence-electron chi connectivity index (χ0n) is 13.8. The Kier molecular flexibility index (Phi) is 4.79. The summed E-state index contributed by atoms with van der Waals surface area (Å²) in [5.41, 5.74) is 2.10. The Morgan fingerprint density at radius 3 is 2.73 bits per heavy atom. The minimum atomic E-state index is -0.162. The Hall–Kier alpha value is -1.97. The van der Waals surface area contributed by atoms with Crippen molar-refractivity contribution in [3.05, 3.63) is 30.0 Å². The molecule has 2 rings (SSSR count). The molecule has 1 unspecified atom stereocenters. The molecule has 2 N–H and O–H groups in total. The summed E-state index contributed by atoms with van der Waals surface area (Å²) in [6.45, 7) is 8.75. The van der Waals surface area contributed by atoms with E-state index in [4.69, 9.17) is 4.74 Å². The minimum absolute atomic E-state index is 0.0948. The maximum atomic E-state index is 12.0. The van der Waals surface area contributed by atoms with E-state index in [2.05, 4.69) is 25.8 Å². The largest absolute Gasteiger partial charge is 0.508 e. The first-order valence-electron chi connectivity index (χ1n) is 7.76. The molecule has 1 atom stereocenters. The van der Waals surface area contributed by atoms with Gasteiger partial charge in [0.1, 0.15) is 5.75 Å². The Morgan fingerprint density at radius 2 is 2.09 bits per heavy atom. The predicted octanol–water partition coefficient (Wildman–Crippen LogP) is 4.35. The molecule has 120 valence electrons. The third-order valence-electron chi connectivity index (χ3n) is 3.71. The number of esters is 1. The highest BCUT2D eigenvalue weighted by atomic mass is 16.5. The number of carbonyl (C=O) groups excluding carboxylic acids is 1. The Bertz CT molecular complexity index is 652. The number of H-pyrrole nitrogens is 1. The average Bonchev–Trinajstić information content (AvgIpc) is 2.79. The van der Waals surface area contributed by atoms with Crippen molar-refractivity contribution in [3.63, 3.8) is 0 Å². The molecule has 4 heteroatoms. The summed E-state index contributed by atoms with van der Waals surface area (Å²) in [6, 6.07) is 5.28. The number of carbonyl (C=O) groups is 1. The molecule has 1 aromatic carbocycles. The number of ether oxygens (including phenoxy) is 1. The van der Waals surface area contributed by atoms with Crippen molar-refractivity contribution < 1.29 is 14.6 Å². The van der Waals surface area contributed by atoms with Crippen LogP contribution in [0.4, 0.5) is 0 Å². The molecule has 4 nitrogen and oxygen atoms in total. The van der Waals surface area contributed by atoms with Crippen LogP contribution in [0.5, 0.6) is 5.75 Å². The number of aromatic nitrogens is 1. The van der Waals surface area contributed by atoms with E-state index >= 15 is 0 Å². The molecule has 1 heterocycles. The number of hydrogen-bond donors (Lipinski definition) is 2. The standard InChI is InChI=1S/C18H25NO3/c1-5-22-17(21)8-12(10-18(2,3)4)15-11-19-16-9-13(20)6-7-14(15)16/h6-7,9,11-12,19-20H,5,8,10H2,1-4H3. The van der Waals surface area contributed by atoms with E-state index in [9.17, 15) is 9.90 Å². The number of hydrogen-bond acceptors (Lipinski definition) is 3. The topological polar surface area (TPSA) is 62.3 Å². The molecule has 0 bridgehead atoms. The molecule has 0 aliphatic carbocycles. The number of fused-ring (bicyclic) bond motifs is 1. The van der Waals surface area contributed by atoms with Gasteiger partial charge in [-0.3, -0.25) is 4.79 Å². The van der Waals surface area contributed by atoms with Crippen molar-refractivity contribution in [2.75, 3.05) is 6.61 Å². The zero-order valence-corrected chi connectivity index (χ0v) is 13.8. The van der Waals surface area contributed by atoms with E-state index in [1.54, 1.807) is 12.1 Å². The average molecular weight is 303 g/mol. The van der Waals surface area contributed by atoms with E-state index in [-0.39, 0.29) is 23.1 Å². The van der Waals surface area contributed by atoms with Crippen LogP contribution in [0.1, 0.15) is 52.0 Å². The third kappa shape index (κ3) is 4.03. The lowest BCUT2D eigenvalue weighted by Crippen LogP contribution is -2.16. The second kappa shape index (κ2) is 6.42. The predicted molar refractivity (Wildman–Crippen MR) is 88.0 cm³/mol. The van der Waals surface area contributed by atoms with Gasteiger partial charge in [-0.1, -0.05) is 20.8 Å². The van der Waals surface area contributed by atoms with Gasteiger partial charge in [-0.2, -0.15) is 0 Å². The molecule has 0 spiro atoms. The molecule has 2 aromatic rings. The third-order valence-corrected chi connectivity index (χ3v) is 3.71. The Balaban J connectivity index is 2.35. The fourth-order valence-electron chi connectivity index (χ4n) is 2.93. The monoisotopic (exact) mass is 303 g/mol. The lowest BCUT2D eigenvalue weighted by molar-refractivity contribution is -0.143. The minimum Gasteiger partial charge on any atom is -0.508 e. The zero-order chi connectivity index (χ0) is 16.3. The number of rotatable bonds is 5. The lowest BCUT2D eigenvalue weighted by atomic mass is 9.80. The van der Waals surface area contributed by atoms with Gasteiger partial charge < -0.3 is 14.8 Å². The molecule has 0 aliphatic heterocycles. The number of aromatic amines is 1. The number of phenols is 1. The number of aromatic hydroxyl groups is 1. The van der Waals surface area contributed by atoms with Crippen molar-refractivity contribution in [2.45, 2.75) is 46.5 Å². The molecule has 0 saturated heterocycles. The van der Waals surface area contributed by atoms with Crippen LogP contribution in [0, 0.1) is 5.41 Å². The number of benzene rings is 1. The molecule has 0 radical (unpaired) electrons. The van der Waals surface area contributed by atoms with Gasteiger partial charge in [0.25, 0.3) is 0 Å². The van der Waals surface area contributed by atoms with Crippen LogP contribution in [-0.2, 0) is 9.53 Å². The highest BCUT2D eigenvalue weighted by molar-refractivity contribution is 5.85. The maximum Gasteiger partial charge on any atom is 0.306 e. The highest BCUT2D eigenvalue weighted by Crippen LogP contribution is 2.37. The van der Waals surface area contributed by atoms with Gasteiger partial charge in [0.05, 0.1) is 13.0 Å². The molecule has 1 aromatic heterocycles. The molecule has 0 amide bonds. The summed E-state index contributed by atoms with van der Waals surface area (Å²) in [5.74, 6) is 0.167. The van der Waals surface area contributed by atoms with Gasteiger partial charge >= 0.3 is 5.97 Å². The quantitative estimate of drug-likeness (QED) is 0.807. The van der Waals surface area contributed by atoms with Gasteiger partial charge in [0.15, 0.2) is 0 Å². The molecule has 0 fully saturated rings. The second-order valence-electron chi connectivity index (χ2n) is 6.94. The van der Waals surface area contributed by atoms with Gasteiger partial charge in [-0.15, -0.1) is 0 Å². The van der Waals surface area contributed by atoms with Crippen molar-refractivity contribution in [1.82, 2.24) is 4.98 Å². The van der Waals surface area contributed by atoms with Crippen molar-refractivity contribution in [3.8, 4) is 5.75 Å². The normalized spacial score (nSPS) is 13.3. The van der Waals surface area contributed by atoms with E-state index in [0.29, 0.717) is 13.0 Å². The fourth-order valence-corrected chi connectivity index (χ4v) is 2.93. The van der Waals surface area contributed by atoms with Crippen LogP contribution in [0.15, 0.2) is 24.4 Å². The number of nitrogens with one attached hydrogen (secondary N) is 1. The lowest BCUT2D eigenvalue weighted by Gasteiger charge is -2.25. The number of phenolic OH excluding ortho intramolecular Hbond substituents is 1. The van der Waals surface area contributed by atoms with E-state index in [1.807, 2.05) is 19.2 Å². The summed E-state index contributed by atoms with van der Waals surface area (Å²) in [4.78, 5) is 15.1. The smallest absolute Gasteiger partial charge is 0.306 e. The first-order valence-corrected chi connectivity index (χ1v) is 7.76. The molecular weight excluding hydrogens is 278 g/mol. The second-order valence-corrected chi connectivity index (χ2v) is 6.94. The van der Waals surface area contributed by atoms with Crippen LogP contribution in [-0.4, -0.2) is 22.7 Å². The summed E-state index contributed by atoms with van der Waals surface area (Å²) in [5, 5.41) is 10.6. The first kappa shape index (κ1) is 16.4. The van der Waals surface area contributed by atoms with Crippen LogP contribution in [0.25, 0.3) is 10.9 Å². The van der Waals surface area contributed by atoms with Crippen molar-refractivity contribution >= 4 is 16.9 Å². The van der Waals surface area contributed by atoms with E-state index in [1.165, 1.54) is 0 Å². The molecule has 22 heavy (non-hydrogen) atoms. The Morgan fingerprint density at radius 1 is 1.36 bits per heavy atom. The van der Waals surface area contributed by atoms with Crippen LogP contribution in [0.3, 0.4) is 0 Å². The molecule has 0 saturated carbocycles. The van der Waals surface area contributed by atoms with Crippen molar-refractivity contribution in [1.29, 1.82) is 0 Å². The van der Waals surface area contributed by atoms with E-state index < -0.39 is 0 Å². The van der Waals surface area contributed by atoms with Gasteiger partial charge in [-0.05, 0) is 42.4 Å². The van der Waals surface area contributed by atoms with Crippen molar-refractivity contribution in [2.24, 2.45) is 5.41 Å². The SMILES string of the molecule is CCOC(=O)CC(CC(C)(C)C)c1c[nH]c2cc(O)ccc12. The highest BCUT2D eigenvalue weighted by Gasteiger charge is 2.25. The Labute approximate surface area is 131 Å². The summed E-state index contributed by atoms with van der Waals surface area (Å²) in [7, 11) is 0. The van der Waals surface area contributed by atoms with Gasteiger partial charge in [-0.25, -0.2) is 0 Å². The van der Waals surface area contributed by atoms with E-state index in [0.717, 1.165) is 22.9 Å².